The molecule has 0 heterocycles. The van der Waals surface area contributed by atoms with Gasteiger partial charge in [0.15, 0.2) is 0 Å². The zero-order chi connectivity index (χ0) is 11.0. The Morgan fingerprint density at radius 2 is 1.36 bits per heavy atom. The largest absolute Gasteiger partial charge is 0.508 e. The van der Waals surface area contributed by atoms with E-state index in [0.717, 1.165) is 0 Å². The topological polar surface area (TPSA) is 32.3 Å². The summed E-state index contributed by atoms with van der Waals surface area (Å²) in [5.41, 5.74) is 0. The van der Waals surface area contributed by atoms with E-state index in [2.05, 4.69) is 33.0 Å². The van der Waals surface area contributed by atoms with Gasteiger partial charge in [-0.2, -0.15) is 0 Å². The first-order valence-corrected chi connectivity index (χ1v) is 5.02. The minimum Gasteiger partial charge on any atom is -0.508 e. The molecule has 0 unspecified atom stereocenters. The van der Waals surface area contributed by atoms with Crippen LogP contribution in [0, 0.1) is 0 Å². The molecular formula is C12H21NO. The normalized spacial score (nSPS) is 9.86. The van der Waals surface area contributed by atoms with Crippen molar-refractivity contribution in [3.05, 3.63) is 30.3 Å². The first-order valence-electron chi connectivity index (χ1n) is 5.02. The zero-order valence-corrected chi connectivity index (χ0v) is 9.49. The molecule has 0 saturated heterocycles. The number of phenols is 1. The molecule has 0 aliphatic heterocycles. The number of aromatic hydroxyl groups is 1. The fraction of sp³-hybridized carbons (Fsp3) is 0.500. The lowest BCUT2D eigenvalue weighted by Crippen LogP contribution is -2.29. The molecule has 0 bridgehead atoms. The Balaban J connectivity index is 0.000000241. The molecule has 0 atom stereocenters. The molecule has 14 heavy (non-hydrogen) atoms. The maximum atomic E-state index is 8.63. The average molecular weight is 195 g/mol. The van der Waals surface area contributed by atoms with E-state index < -0.39 is 0 Å². The van der Waals surface area contributed by atoms with Crippen LogP contribution in [0.25, 0.3) is 0 Å². The molecule has 0 aromatic heterocycles. The molecule has 0 radical (unpaired) electrons. The molecule has 0 aliphatic rings. The van der Waals surface area contributed by atoms with Crippen LogP contribution in [-0.2, 0) is 0 Å². The molecule has 2 N–H and O–H groups in total. The molecule has 1 rings (SSSR count). The van der Waals surface area contributed by atoms with Gasteiger partial charge < -0.3 is 10.4 Å². The highest BCUT2D eigenvalue weighted by molar-refractivity contribution is 5.18. The lowest BCUT2D eigenvalue weighted by molar-refractivity contribution is 0.475. The predicted molar refractivity (Wildman–Crippen MR) is 61.5 cm³/mol. The quantitative estimate of drug-likeness (QED) is 0.760. The number of hydrogen-bond acceptors (Lipinski definition) is 2. The molecule has 0 spiro atoms. The lowest BCUT2D eigenvalue weighted by Gasteiger charge is -2.10. The van der Waals surface area contributed by atoms with E-state index in [-0.39, 0.29) is 0 Å². The third kappa shape index (κ3) is 9.07. The van der Waals surface area contributed by atoms with Crippen molar-refractivity contribution in [3.63, 3.8) is 0 Å². The SMILES string of the molecule is CC(C)NC(C)C.Oc1ccccc1. The van der Waals surface area contributed by atoms with Gasteiger partial charge in [-0.1, -0.05) is 45.9 Å². The third-order valence-electron chi connectivity index (χ3n) is 1.42. The fourth-order valence-electron chi connectivity index (χ4n) is 1.09. The molecule has 80 valence electrons. The third-order valence-corrected chi connectivity index (χ3v) is 1.42. The second-order valence-electron chi connectivity index (χ2n) is 3.81. The number of hydrogen-bond donors (Lipinski definition) is 2. The van der Waals surface area contributed by atoms with Gasteiger partial charge in [-0.05, 0) is 12.1 Å². The Morgan fingerprint density at radius 3 is 1.50 bits per heavy atom. The van der Waals surface area contributed by atoms with Crippen LogP contribution < -0.4 is 5.32 Å². The first kappa shape index (κ1) is 13.0. The van der Waals surface area contributed by atoms with Crippen molar-refractivity contribution >= 4 is 0 Å². The number of para-hydroxylation sites is 1. The fourth-order valence-corrected chi connectivity index (χ4v) is 1.09. The van der Waals surface area contributed by atoms with Crippen molar-refractivity contribution in [2.24, 2.45) is 0 Å². The molecule has 2 heteroatoms. The van der Waals surface area contributed by atoms with Crippen LogP contribution in [-0.4, -0.2) is 17.2 Å². The van der Waals surface area contributed by atoms with E-state index >= 15 is 0 Å². The lowest BCUT2D eigenvalue weighted by atomic mass is 10.3. The van der Waals surface area contributed by atoms with Gasteiger partial charge in [0, 0.05) is 12.1 Å². The van der Waals surface area contributed by atoms with Crippen molar-refractivity contribution < 1.29 is 5.11 Å². The van der Waals surface area contributed by atoms with E-state index in [1.807, 2.05) is 6.07 Å². The highest BCUT2D eigenvalue weighted by atomic mass is 16.3. The second-order valence-corrected chi connectivity index (χ2v) is 3.81. The zero-order valence-electron chi connectivity index (χ0n) is 9.49. The minimum atomic E-state index is 0.322. The summed E-state index contributed by atoms with van der Waals surface area (Å²) in [7, 11) is 0. The Morgan fingerprint density at radius 1 is 0.929 bits per heavy atom. The molecule has 1 aromatic carbocycles. The first-order chi connectivity index (χ1) is 6.52. The Kier molecular flexibility index (Phi) is 6.85. The Labute approximate surface area is 87.0 Å². The maximum Gasteiger partial charge on any atom is 0.115 e. The van der Waals surface area contributed by atoms with Gasteiger partial charge in [-0.25, -0.2) is 0 Å². The average Bonchev–Trinajstić information content (AvgIpc) is 2.03. The highest BCUT2D eigenvalue weighted by Crippen LogP contribution is 2.02. The van der Waals surface area contributed by atoms with Crippen LogP contribution in [0.4, 0.5) is 0 Å². The summed E-state index contributed by atoms with van der Waals surface area (Å²) in [6.07, 6.45) is 0. The van der Waals surface area contributed by atoms with Gasteiger partial charge in [0.2, 0.25) is 0 Å². The van der Waals surface area contributed by atoms with Crippen LogP contribution in [0.3, 0.4) is 0 Å². The molecule has 0 saturated carbocycles. The van der Waals surface area contributed by atoms with Crippen molar-refractivity contribution in [2.45, 2.75) is 39.8 Å². The summed E-state index contributed by atoms with van der Waals surface area (Å²) in [6, 6.07) is 9.96. The summed E-state index contributed by atoms with van der Waals surface area (Å²) in [4.78, 5) is 0. The standard InChI is InChI=1S/C6H15N.C6H6O/c1-5(2)7-6(3)4;7-6-4-2-1-3-5-6/h5-7H,1-4H3;1-5,7H. The molecule has 0 aliphatic carbocycles. The smallest absolute Gasteiger partial charge is 0.115 e. The molecule has 2 nitrogen and oxygen atoms in total. The van der Waals surface area contributed by atoms with Crippen molar-refractivity contribution in [1.29, 1.82) is 0 Å². The van der Waals surface area contributed by atoms with Gasteiger partial charge in [-0.15, -0.1) is 0 Å². The number of rotatable bonds is 2. The summed E-state index contributed by atoms with van der Waals surface area (Å²) in [6.45, 7) is 8.61. The Hall–Kier alpha value is -1.02. The number of benzene rings is 1. The van der Waals surface area contributed by atoms with E-state index in [4.69, 9.17) is 5.11 Å². The van der Waals surface area contributed by atoms with Gasteiger partial charge in [-0.3, -0.25) is 0 Å². The summed E-state index contributed by atoms with van der Waals surface area (Å²) in [5, 5.41) is 11.9. The maximum absolute atomic E-state index is 8.63. The van der Waals surface area contributed by atoms with Gasteiger partial charge >= 0.3 is 0 Å². The van der Waals surface area contributed by atoms with Crippen LogP contribution in [0.15, 0.2) is 30.3 Å². The van der Waals surface area contributed by atoms with Gasteiger partial charge in [0.05, 0.1) is 0 Å². The molecular weight excluding hydrogens is 174 g/mol. The van der Waals surface area contributed by atoms with Crippen molar-refractivity contribution in [1.82, 2.24) is 5.32 Å². The van der Waals surface area contributed by atoms with E-state index in [1.54, 1.807) is 24.3 Å². The summed E-state index contributed by atoms with van der Waals surface area (Å²) in [5.74, 6) is 0.322. The van der Waals surface area contributed by atoms with E-state index in [9.17, 15) is 0 Å². The summed E-state index contributed by atoms with van der Waals surface area (Å²) >= 11 is 0. The van der Waals surface area contributed by atoms with Crippen LogP contribution in [0.1, 0.15) is 27.7 Å². The van der Waals surface area contributed by atoms with Crippen LogP contribution >= 0.6 is 0 Å². The van der Waals surface area contributed by atoms with Crippen molar-refractivity contribution in [3.8, 4) is 5.75 Å². The van der Waals surface area contributed by atoms with Crippen LogP contribution in [0.5, 0.6) is 5.75 Å². The predicted octanol–water partition coefficient (Wildman–Crippen LogP) is 2.79. The molecule has 0 amide bonds. The second kappa shape index (κ2) is 7.39. The monoisotopic (exact) mass is 195 g/mol. The van der Waals surface area contributed by atoms with Gasteiger partial charge in [0.25, 0.3) is 0 Å². The van der Waals surface area contributed by atoms with Crippen LogP contribution in [0.2, 0.25) is 0 Å². The van der Waals surface area contributed by atoms with E-state index in [0.29, 0.717) is 17.8 Å². The Bertz CT molecular complexity index is 213. The van der Waals surface area contributed by atoms with Gasteiger partial charge in [0.1, 0.15) is 5.75 Å². The summed E-state index contributed by atoms with van der Waals surface area (Å²) < 4.78 is 0. The number of phenolic OH excluding ortho intramolecular Hbond substituents is 1. The minimum absolute atomic E-state index is 0.322. The highest BCUT2D eigenvalue weighted by Gasteiger charge is 1.92. The molecule has 1 aromatic rings. The number of nitrogens with one attached hydrogen (secondary N) is 1. The van der Waals surface area contributed by atoms with E-state index in [1.165, 1.54) is 0 Å². The van der Waals surface area contributed by atoms with Crippen molar-refractivity contribution in [2.75, 3.05) is 0 Å². The molecule has 0 fully saturated rings.